The maximum Gasteiger partial charge on any atom is 0.573 e. The van der Waals surface area contributed by atoms with Gasteiger partial charge in [-0.2, -0.15) is 0 Å². The lowest BCUT2D eigenvalue weighted by Gasteiger charge is -2.20. The fourth-order valence-electron chi connectivity index (χ4n) is 1.94. The van der Waals surface area contributed by atoms with Crippen LogP contribution in [0.4, 0.5) is 30.4 Å². The van der Waals surface area contributed by atoms with Gasteiger partial charge in [-0.15, -0.1) is 13.2 Å². The van der Waals surface area contributed by atoms with Crippen LogP contribution in [0.15, 0.2) is 42.6 Å². The van der Waals surface area contributed by atoms with E-state index < -0.39 is 22.9 Å². The highest BCUT2D eigenvalue weighted by molar-refractivity contribution is 5.98. The van der Waals surface area contributed by atoms with Gasteiger partial charge in [0.2, 0.25) is 5.91 Å². The summed E-state index contributed by atoms with van der Waals surface area (Å²) in [6.45, 7) is 1.15. The van der Waals surface area contributed by atoms with Crippen LogP contribution in [-0.4, -0.2) is 22.2 Å². The molecule has 1 aromatic carbocycles. The second-order valence-electron chi connectivity index (χ2n) is 4.53. The first-order valence-corrected chi connectivity index (χ1v) is 6.44. The Morgan fingerprint density at radius 1 is 1.29 bits per heavy atom. The van der Waals surface area contributed by atoms with Crippen LogP contribution in [0.2, 0.25) is 0 Å². The third kappa shape index (κ3) is 4.18. The van der Waals surface area contributed by atoms with Gasteiger partial charge in [0.1, 0.15) is 11.6 Å². The maximum atomic E-state index is 12.3. The Kier molecular flexibility index (Phi) is 4.67. The SMILES string of the molecule is CC(=O)N(c1cccc(OC(F)(F)F)c1)c1cc([N+](=O)[O-])ccn1. The van der Waals surface area contributed by atoms with E-state index in [4.69, 9.17) is 0 Å². The molecular weight excluding hydrogens is 331 g/mol. The van der Waals surface area contributed by atoms with Crippen LogP contribution in [0.25, 0.3) is 0 Å². The van der Waals surface area contributed by atoms with Gasteiger partial charge in [0, 0.05) is 25.3 Å². The van der Waals surface area contributed by atoms with E-state index in [-0.39, 0.29) is 17.2 Å². The molecule has 1 aromatic heterocycles. The minimum Gasteiger partial charge on any atom is -0.406 e. The summed E-state index contributed by atoms with van der Waals surface area (Å²) in [4.78, 5) is 26.8. The van der Waals surface area contributed by atoms with Gasteiger partial charge in [-0.25, -0.2) is 4.98 Å². The van der Waals surface area contributed by atoms with Crippen LogP contribution in [0.5, 0.6) is 5.75 Å². The predicted molar refractivity (Wildman–Crippen MR) is 76.8 cm³/mol. The van der Waals surface area contributed by atoms with E-state index >= 15 is 0 Å². The van der Waals surface area contributed by atoms with Gasteiger partial charge in [-0.05, 0) is 12.1 Å². The van der Waals surface area contributed by atoms with Crippen molar-refractivity contribution in [2.45, 2.75) is 13.3 Å². The van der Waals surface area contributed by atoms with Crippen LogP contribution in [0.3, 0.4) is 0 Å². The summed E-state index contributed by atoms with van der Waals surface area (Å²) in [5.74, 6) is -1.22. The zero-order valence-corrected chi connectivity index (χ0v) is 12.1. The zero-order valence-electron chi connectivity index (χ0n) is 12.1. The standard InChI is InChI=1S/C14H10F3N3O4/c1-9(21)19(13-8-11(20(22)23)5-6-18-13)10-3-2-4-12(7-10)24-14(15,16)17/h2-8H,1H3. The monoisotopic (exact) mass is 341 g/mol. The molecule has 0 atom stereocenters. The lowest BCUT2D eigenvalue weighted by Crippen LogP contribution is -2.24. The topological polar surface area (TPSA) is 85.6 Å². The summed E-state index contributed by atoms with van der Waals surface area (Å²) in [7, 11) is 0. The van der Waals surface area contributed by atoms with Crippen molar-refractivity contribution in [1.82, 2.24) is 4.98 Å². The summed E-state index contributed by atoms with van der Waals surface area (Å²) in [6, 6.07) is 6.82. The second-order valence-corrected chi connectivity index (χ2v) is 4.53. The van der Waals surface area contributed by atoms with Crippen molar-refractivity contribution in [2.75, 3.05) is 4.90 Å². The zero-order chi connectivity index (χ0) is 17.9. The van der Waals surface area contributed by atoms with Crippen molar-refractivity contribution in [3.63, 3.8) is 0 Å². The number of halogens is 3. The average molecular weight is 341 g/mol. The third-order valence-corrected chi connectivity index (χ3v) is 2.79. The van der Waals surface area contributed by atoms with E-state index in [0.717, 1.165) is 42.3 Å². The number of aromatic nitrogens is 1. The number of carbonyl (C=O) groups excluding carboxylic acids is 1. The molecule has 0 N–H and O–H groups in total. The van der Waals surface area contributed by atoms with Crippen LogP contribution in [-0.2, 0) is 4.79 Å². The molecule has 0 saturated carbocycles. The van der Waals surface area contributed by atoms with Crippen molar-refractivity contribution in [3.8, 4) is 5.75 Å². The molecule has 24 heavy (non-hydrogen) atoms. The van der Waals surface area contributed by atoms with Crippen LogP contribution < -0.4 is 9.64 Å². The number of carbonyl (C=O) groups is 1. The van der Waals surface area contributed by atoms with Gasteiger partial charge in [-0.3, -0.25) is 19.8 Å². The molecule has 0 aliphatic heterocycles. The third-order valence-electron chi connectivity index (χ3n) is 2.79. The summed E-state index contributed by atoms with van der Waals surface area (Å²) in [6.07, 6.45) is -3.76. The minimum absolute atomic E-state index is 0.0252. The van der Waals surface area contributed by atoms with Gasteiger partial charge in [-0.1, -0.05) is 6.07 Å². The van der Waals surface area contributed by atoms with Crippen molar-refractivity contribution in [3.05, 3.63) is 52.7 Å². The number of alkyl halides is 3. The Labute approximate surface area is 133 Å². The smallest absolute Gasteiger partial charge is 0.406 e. The molecule has 0 unspecified atom stereocenters. The summed E-state index contributed by atoms with van der Waals surface area (Å²) >= 11 is 0. The van der Waals surface area contributed by atoms with Crippen molar-refractivity contribution < 1.29 is 27.6 Å². The molecule has 0 spiro atoms. The molecular formula is C14H10F3N3O4. The van der Waals surface area contributed by atoms with Crippen LogP contribution >= 0.6 is 0 Å². The van der Waals surface area contributed by atoms with Gasteiger partial charge < -0.3 is 4.74 Å². The molecule has 0 bridgehead atoms. The van der Waals surface area contributed by atoms with Gasteiger partial charge in [0.15, 0.2) is 0 Å². The first kappa shape index (κ1) is 17.2. The molecule has 0 aliphatic rings. The molecule has 126 valence electrons. The van der Waals surface area contributed by atoms with Gasteiger partial charge in [0.25, 0.3) is 5.69 Å². The highest BCUT2D eigenvalue weighted by Crippen LogP contribution is 2.31. The first-order chi connectivity index (χ1) is 11.2. The first-order valence-electron chi connectivity index (χ1n) is 6.44. The average Bonchev–Trinajstić information content (AvgIpc) is 2.46. The minimum atomic E-state index is -4.89. The number of rotatable bonds is 4. The molecule has 0 aliphatic carbocycles. The molecule has 2 aromatic rings. The summed E-state index contributed by atoms with van der Waals surface area (Å²) < 4.78 is 40.7. The summed E-state index contributed by atoms with van der Waals surface area (Å²) in [5, 5.41) is 10.8. The second kappa shape index (κ2) is 6.52. The van der Waals surface area contributed by atoms with E-state index in [0.29, 0.717) is 0 Å². The molecule has 10 heteroatoms. The van der Waals surface area contributed by atoms with E-state index in [1.165, 1.54) is 12.1 Å². The van der Waals surface area contributed by atoms with Gasteiger partial charge >= 0.3 is 6.36 Å². The van der Waals surface area contributed by atoms with Crippen molar-refractivity contribution >= 4 is 23.1 Å². The molecule has 0 fully saturated rings. The highest BCUT2D eigenvalue weighted by Gasteiger charge is 2.31. The molecule has 1 amide bonds. The van der Waals surface area contributed by atoms with Crippen LogP contribution in [0, 0.1) is 10.1 Å². The number of hydrogen-bond acceptors (Lipinski definition) is 5. The fourth-order valence-corrected chi connectivity index (χ4v) is 1.94. The number of amides is 1. The van der Waals surface area contributed by atoms with Gasteiger partial charge in [0.05, 0.1) is 16.7 Å². The van der Waals surface area contributed by atoms with E-state index in [1.54, 1.807) is 0 Å². The summed E-state index contributed by atoms with van der Waals surface area (Å²) in [5.41, 5.74) is -0.286. The number of pyridine rings is 1. The Bertz CT molecular complexity index is 780. The Morgan fingerprint density at radius 2 is 2.00 bits per heavy atom. The molecule has 7 nitrogen and oxygen atoms in total. The highest BCUT2D eigenvalue weighted by atomic mass is 19.4. The molecule has 0 radical (unpaired) electrons. The lowest BCUT2D eigenvalue weighted by molar-refractivity contribution is -0.384. The van der Waals surface area contributed by atoms with E-state index in [1.807, 2.05) is 0 Å². The van der Waals surface area contributed by atoms with Crippen LogP contribution in [0.1, 0.15) is 6.92 Å². The van der Waals surface area contributed by atoms with E-state index in [2.05, 4.69) is 9.72 Å². The number of nitro groups is 1. The fraction of sp³-hybridized carbons (Fsp3) is 0.143. The molecule has 2 rings (SSSR count). The largest absolute Gasteiger partial charge is 0.573 e. The predicted octanol–water partition coefficient (Wildman–Crippen LogP) is 3.57. The Balaban J connectivity index is 2.45. The number of ether oxygens (including phenoxy) is 1. The Morgan fingerprint density at radius 3 is 2.58 bits per heavy atom. The lowest BCUT2D eigenvalue weighted by atomic mass is 10.2. The number of anilines is 2. The maximum absolute atomic E-state index is 12.3. The quantitative estimate of drug-likeness (QED) is 0.627. The number of hydrogen-bond donors (Lipinski definition) is 0. The number of nitrogens with zero attached hydrogens (tertiary/aromatic N) is 3. The molecule has 0 saturated heterocycles. The van der Waals surface area contributed by atoms with Crippen molar-refractivity contribution in [2.24, 2.45) is 0 Å². The number of benzene rings is 1. The normalized spacial score (nSPS) is 11.0. The molecule has 1 heterocycles. The van der Waals surface area contributed by atoms with E-state index in [9.17, 15) is 28.1 Å². The van der Waals surface area contributed by atoms with Crippen molar-refractivity contribution in [1.29, 1.82) is 0 Å². The Hall–Kier alpha value is -3.17.